The second kappa shape index (κ2) is 8.53. The number of fused-ring (bicyclic) bond motifs is 1. The lowest BCUT2D eigenvalue weighted by molar-refractivity contribution is -0.152. The number of para-hydroxylation sites is 2. The monoisotopic (exact) mass is 451 g/mol. The van der Waals surface area contributed by atoms with Crippen LogP contribution in [0.25, 0.3) is 11.0 Å². The van der Waals surface area contributed by atoms with Gasteiger partial charge in [0.1, 0.15) is 5.82 Å². The Morgan fingerprint density at radius 3 is 2.84 bits per heavy atom. The first-order chi connectivity index (χ1) is 14.7. The molecule has 2 heterocycles. The Balaban J connectivity index is 1.32. The Morgan fingerprint density at radius 2 is 2.10 bits per heavy atom. The predicted octanol–water partition coefficient (Wildman–Crippen LogP) is 5.43. The quantitative estimate of drug-likeness (QED) is 0.497. The molecule has 0 radical (unpaired) electrons. The first-order valence-electron chi connectivity index (χ1n) is 10.3. The number of nitrogens with zero attached hydrogens (tertiary/aromatic N) is 2. The van der Waals surface area contributed by atoms with E-state index < -0.39 is 12.8 Å². The van der Waals surface area contributed by atoms with E-state index in [1.54, 1.807) is 6.07 Å². The molecule has 3 atom stereocenters. The van der Waals surface area contributed by atoms with Crippen molar-refractivity contribution >= 4 is 28.3 Å². The number of amides is 1. The summed E-state index contributed by atoms with van der Waals surface area (Å²) in [4.78, 5) is 18.1. The number of imidazole rings is 1. The van der Waals surface area contributed by atoms with Crippen LogP contribution in [0.5, 0.6) is 5.06 Å². The smallest absolute Gasteiger partial charge is 0.422 e. The van der Waals surface area contributed by atoms with Gasteiger partial charge in [-0.05, 0) is 50.5 Å². The van der Waals surface area contributed by atoms with E-state index in [9.17, 15) is 18.0 Å². The summed E-state index contributed by atoms with van der Waals surface area (Å²) in [5, 5.41) is 3.14. The number of aryl methyl sites for hydroxylation is 1. The maximum atomic E-state index is 12.5. The molecule has 31 heavy (non-hydrogen) atoms. The number of hydrogen-bond acceptors (Lipinski definition) is 4. The Hall–Kier alpha value is -2.55. The molecule has 1 aromatic carbocycles. The molecule has 9 heteroatoms. The summed E-state index contributed by atoms with van der Waals surface area (Å²) >= 11 is 1.11. The fraction of sp³-hybridized carbons (Fsp3) is 0.455. The highest BCUT2D eigenvalue weighted by atomic mass is 32.1. The van der Waals surface area contributed by atoms with Crippen LogP contribution in [0.4, 0.5) is 13.2 Å². The number of nitrogens with one attached hydrogen (secondary N) is 1. The molecule has 0 aliphatic heterocycles. The molecule has 0 spiro atoms. The molecule has 3 aromatic rings. The third kappa shape index (κ3) is 5.03. The van der Waals surface area contributed by atoms with Crippen molar-refractivity contribution in [3.05, 3.63) is 47.1 Å². The van der Waals surface area contributed by atoms with Crippen LogP contribution in [-0.2, 0) is 11.3 Å². The second-order valence-corrected chi connectivity index (χ2v) is 8.94. The van der Waals surface area contributed by atoms with Gasteiger partial charge in [-0.15, -0.1) is 11.3 Å². The van der Waals surface area contributed by atoms with Gasteiger partial charge in [0.05, 0.1) is 17.1 Å². The van der Waals surface area contributed by atoms with Crippen molar-refractivity contribution in [2.75, 3.05) is 6.61 Å². The standard InChI is InChI=1S/C22H24F3N3O2S/c1-3-28-17-7-5-4-6-16(17)27-21(28)15-10-14(15)11-19(29)26-13(2)18-8-9-20(31-18)30-12-22(23,24)25/h4-9,13-15H,3,10-12H2,1-2H3,(H,26,29)/t13-,14-,15-/m1/s1. The van der Waals surface area contributed by atoms with Crippen molar-refractivity contribution in [2.24, 2.45) is 5.92 Å². The van der Waals surface area contributed by atoms with Gasteiger partial charge in [-0.3, -0.25) is 4.79 Å². The van der Waals surface area contributed by atoms with Crippen molar-refractivity contribution < 1.29 is 22.7 Å². The van der Waals surface area contributed by atoms with Gasteiger partial charge < -0.3 is 14.6 Å². The van der Waals surface area contributed by atoms with Crippen LogP contribution in [0.15, 0.2) is 36.4 Å². The molecule has 1 aliphatic rings. The zero-order valence-corrected chi connectivity index (χ0v) is 18.1. The van der Waals surface area contributed by atoms with Gasteiger partial charge in [-0.2, -0.15) is 13.2 Å². The van der Waals surface area contributed by atoms with E-state index in [2.05, 4.69) is 22.9 Å². The van der Waals surface area contributed by atoms with Gasteiger partial charge in [0.25, 0.3) is 0 Å². The third-order valence-electron chi connectivity index (χ3n) is 5.49. The topological polar surface area (TPSA) is 56.2 Å². The van der Waals surface area contributed by atoms with Crippen LogP contribution in [0.1, 0.15) is 49.4 Å². The summed E-state index contributed by atoms with van der Waals surface area (Å²) in [7, 11) is 0. The fourth-order valence-electron chi connectivity index (χ4n) is 3.91. The number of halogens is 3. The average Bonchev–Trinajstić information content (AvgIpc) is 3.14. The molecular weight excluding hydrogens is 427 g/mol. The maximum Gasteiger partial charge on any atom is 0.422 e. The van der Waals surface area contributed by atoms with Gasteiger partial charge in [-0.1, -0.05) is 12.1 Å². The largest absolute Gasteiger partial charge is 0.475 e. The summed E-state index contributed by atoms with van der Waals surface area (Å²) < 4.78 is 43.8. The summed E-state index contributed by atoms with van der Waals surface area (Å²) in [6.07, 6.45) is -3.03. The molecule has 0 bridgehead atoms. The van der Waals surface area contributed by atoms with Crippen molar-refractivity contribution in [3.63, 3.8) is 0 Å². The fourth-order valence-corrected chi connectivity index (χ4v) is 4.76. The van der Waals surface area contributed by atoms with E-state index in [1.165, 1.54) is 6.07 Å². The van der Waals surface area contributed by atoms with E-state index >= 15 is 0 Å². The average molecular weight is 452 g/mol. The minimum atomic E-state index is -4.37. The van der Waals surface area contributed by atoms with Crippen LogP contribution in [0.3, 0.4) is 0 Å². The van der Waals surface area contributed by atoms with Gasteiger partial charge in [0.2, 0.25) is 5.91 Å². The van der Waals surface area contributed by atoms with E-state index in [-0.39, 0.29) is 28.8 Å². The lowest BCUT2D eigenvalue weighted by Crippen LogP contribution is -2.26. The highest BCUT2D eigenvalue weighted by Gasteiger charge is 2.43. The molecule has 1 N–H and O–H groups in total. The number of aromatic nitrogens is 2. The van der Waals surface area contributed by atoms with Gasteiger partial charge in [0, 0.05) is 23.8 Å². The van der Waals surface area contributed by atoms with Crippen molar-refractivity contribution in [3.8, 4) is 5.06 Å². The lowest BCUT2D eigenvalue weighted by Gasteiger charge is -2.12. The highest BCUT2D eigenvalue weighted by Crippen LogP contribution is 2.49. The molecule has 4 rings (SSSR count). The van der Waals surface area contributed by atoms with E-state index in [1.807, 2.05) is 25.1 Å². The van der Waals surface area contributed by atoms with Crippen molar-refractivity contribution in [2.45, 2.75) is 51.4 Å². The van der Waals surface area contributed by atoms with Crippen LogP contribution in [0.2, 0.25) is 0 Å². The first-order valence-corrected chi connectivity index (χ1v) is 11.1. The number of rotatable bonds is 8. The minimum Gasteiger partial charge on any atom is -0.475 e. The number of ether oxygens (including phenoxy) is 1. The Labute approximate surface area is 182 Å². The van der Waals surface area contributed by atoms with Crippen LogP contribution >= 0.6 is 11.3 Å². The molecule has 1 aliphatic carbocycles. The molecule has 0 unspecified atom stereocenters. The number of alkyl halides is 3. The lowest BCUT2D eigenvalue weighted by atomic mass is 10.2. The number of carbonyl (C=O) groups is 1. The number of thiophene rings is 1. The van der Waals surface area contributed by atoms with Crippen LogP contribution in [-0.4, -0.2) is 28.2 Å². The molecular formula is C22H24F3N3O2S. The Bertz CT molecular complexity index is 1080. The summed E-state index contributed by atoms with van der Waals surface area (Å²) in [5.41, 5.74) is 2.09. The molecule has 0 saturated heterocycles. The van der Waals surface area contributed by atoms with Crippen molar-refractivity contribution in [1.82, 2.24) is 14.9 Å². The second-order valence-electron chi connectivity index (χ2n) is 7.86. The zero-order chi connectivity index (χ0) is 22.2. The summed E-state index contributed by atoms with van der Waals surface area (Å²) in [5.74, 6) is 1.51. The number of benzene rings is 1. The maximum absolute atomic E-state index is 12.5. The minimum absolute atomic E-state index is 0.0645. The van der Waals surface area contributed by atoms with Crippen LogP contribution < -0.4 is 10.1 Å². The zero-order valence-electron chi connectivity index (χ0n) is 17.3. The van der Waals surface area contributed by atoms with Gasteiger partial charge in [0.15, 0.2) is 11.7 Å². The summed E-state index contributed by atoms with van der Waals surface area (Å²) in [6.45, 7) is 3.42. The predicted molar refractivity (Wildman–Crippen MR) is 113 cm³/mol. The molecule has 1 fully saturated rings. The van der Waals surface area contributed by atoms with Crippen molar-refractivity contribution in [1.29, 1.82) is 0 Å². The molecule has 5 nitrogen and oxygen atoms in total. The van der Waals surface area contributed by atoms with Gasteiger partial charge >= 0.3 is 6.18 Å². The molecule has 1 amide bonds. The SMILES string of the molecule is CCn1c([C@@H]2C[C@@H]2CC(=O)N[C@H](C)c2ccc(OCC(F)(F)F)s2)nc2ccccc21. The number of hydrogen-bond donors (Lipinski definition) is 1. The van der Waals surface area contributed by atoms with Crippen LogP contribution in [0, 0.1) is 5.92 Å². The Morgan fingerprint density at radius 1 is 1.32 bits per heavy atom. The molecule has 2 aromatic heterocycles. The van der Waals surface area contributed by atoms with E-state index in [0.29, 0.717) is 6.42 Å². The highest BCUT2D eigenvalue weighted by molar-refractivity contribution is 7.13. The van der Waals surface area contributed by atoms with E-state index in [0.717, 1.165) is 46.0 Å². The normalized spacial score (nSPS) is 19.4. The van der Waals surface area contributed by atoms with Gasteiger partial charge in [-0.25, -0.2) is 4.98 Å². The Kier molecular flexibility index (Phi) is 5.96. The van der Waals surface area contributed by atoms with E-state index in [4.69, 9.17) is 9.72 Å². The first kappa shape index (κ1) is 21.7. The number of carbonyl (C=O) groups excluding carboxylic acids is 1. The summed E-state index contributed by atoms with van der Waals surface area (Å²) in [6, 6.07) is 10.9. The third-order valence-corrected chi connectivity index (χ3v) is 6.67. The molecule has 166 valence electrons. The molecule has 1 saturated carbocycles.